The second kappa shape index (κ2) is 8.38. The van der Waals surface area contributed by atoms with Crippen LogP contribution in [0.3, 0.4) is 0 Å². The van der Waals surface area contributed by atoms with Gasteiger partial charge in [0.2, 0.25) is 23.6 Å². The van der Waals surface area contributed by atoms with Gasteiger partial charge in [0.25, 0.3) is 0 Å². The van der Waals surface area contributed by atoms with Crippen LogP contribution in [0, 0.1) is 30.1 Å². The van der Waals surface area contributed by atoms with Crippen molar-refractivity contribution in [2.75, 3.05) is 10.2 Å². The number of thiophene rings is 1. The minimum atomic E-state index is -1.51. The van der Waals surface area contributed by atoms with Crippen LogP contribution in [0.2, 0.25) is 5.02 Å². The average Bonchev–Trinajstić information content (AvgIpc) is 3.56. The topological polar surface area (TPSA) is 145 Å². The molecule has 4 N–H and O–H groups in total. The number of amides is 4. The fourth-order valence-corrected chi connectivity index (χ4v) is 8.07. The molecule has 0 saturated carbocycles. The molecule has 3 aliphatic heterocycles. The smallest absolute Gasteiger partial charge is 0.250 e. The molecule has 11 heteroatoms. The number of carbonyl (C=O) groups is 4. The van der Waals surface area contributed by atoms with Crippen molar-refractivity contribution in [2.24, 2.45) is 17.6 Å². The number of nitrogens with zero attached hydrogens (tertiary/aromatic N) is 2. The molecule has 2 saturated heterocycles. The second-order valence-electron chi connectivity index (χ2n) is 10.1. The highest BCUT2D eigenvalue weighted by molar-refractivity contribution is 7.17. The van der Waals surface area contributed by atoms with Gasteiger partial charge in [0.15, 0.2) is 0 Å². The van der Waals surface area contributed by atoms with Crippen LogP contribution in [-0.4, -0.2) is 29.7 Å². The van der Waals surface area contributed by atoms with Gasteiger partial charge in [-0.2, -0.15) is 5.26 Å². The lowest BCUT2D eigenvalue weighted by atomic mass is 9.76. The third-order valence-electron chi connectivity index (χ3n) is 8.25. The second-order valence-corrected chi connectivity index (χ2v) is 11.6. The molecule has 4 amide bonds. The van der Waals surface area contributed by atoms with E-state index in [-0.39, 0.29) is 12.8 Å². The molecule has 6 rings (SSSR count). The highest BCUT2D eigenvalue weighted by Gasteiger charge is 2.71. The van der Waals surface area contributed by atoms with Gasteiger partial charge in [-0.1, -0.05) is 17.7 Å². The largest absolute Gasteiger partial charge is 0.370 e. The van der Waals surface area contributed by atoms with Crippen molar-refractivity contribution in [3.8, 4) is 6.07 Å². The van der Waals surface area contributed by atoms with E-state index in [0.29, 0.717) is 32.4 Å². The molecule has 9 nitrogen and oxygen atoms in total. The average molecular weight is 538 g/mol. The van der Waals surface area contributed by atoms with Gasteiger partial charge in [0.1, 0.15) is 16.6 Å². The van der Waals surface area contributed by atoms with E-state index in [9.17, 15) is 24.4 Å². The van der Waals surface area contributed by atoms with Gasteiger partial charge in [0.05, 0.1) is 23.1 Å². The number of anilines is 2. The van der Waals surface area contributed by atoms with Crippen LogP contribution in [0.1, 0.15) is 52.8 Å². The predicted molar refractivity (Wildman–Crippen MR) is 137 cm³/mol. The zero-order chi connectivity index (χ0) is 26.2. The lowest BCUT2D eigenvalue weighted by Gasteiger charge is -2.29. The lowest BCUT2D eigenvalue weighted by molar-refractivity contribution is -0.130. The van der Waals surface area contributed by atoms with Crippen molar-refractivity contribution in [1.29, 1.82) is 5.26 Å². The summed E-state index contributed by atoms with van der Waals surface area (Å²) >= 11 is 7.64. The van der Waals surface area contributed by atoms with E-state index in [1.54, 1.807) is 19.1 Å². The van der Waals surface area contributed by atoms with Gasteiger partial charge in [-0.15, -0.1) is 11.3 Å². The fourth-order valence-electron chi connectivity index (χ4n) is 6.56. The number of nitriles is 1. The summed E-state index contributed by atoms with van der Waals surface area (Å²) in [5.41, 5.74) is 6.91. The summed E-state index contributed by atoms with van der Waals surface area (Å²) in [7, 11) is 0. The summed E-state index contributed by atoms with van der Waals surface area (Å²) in [5, 5.41) is 17.0. The molecule has 2 fully saturated rings. The molecular formula is C26H24ClN5O4S. The number of benzene rings is 1. The first-order chi connectivity index (χ1) is 17.7. The SMILES string of the molecule is Cc1c(Cl)ccc2c1NC(=O)C21NC(CCC(N)=O)[C@H]2C(=O)N(c3sc4c(c3C#N)CCCC4)C(=O)[C@H]21. The number of fused-ring (bicyclic) bond motifs is 5. The molecule has 1 spiro atoms. The third-order valence-corrected chi connectivity index (χ3v) is 9.94. The number of nitrogens with one attached hydrogen (secondary N) is 2. The zero-order valence-corrected chi connectivity index (χ0v) is 21.6. The molecule has 0 radical (unpaired) electrons. The van der Waals surface area contributed by atoms with Gasteiger partial charge in [-0.05, 0) is 56.2 Å². The summed E-state index contributed by atoms with van der Waals surface area (Å²) in [6.07, 6.45) is 3.66. The molecule has 2 unspecified atom stereocenters. The molecular weight excluding hydrogens is 514 g/mol. The number of primary amides is 1. The summed E-state index contributed by atoms with van der Waals surface area (Å²) in [6.45, 7) is 1.78. The molecule has 4 aliphatic rings. The van der Waals surface area contributed by atoms with Crippen LogP contribution in [0.25, 0.3) is 0 Å². The standard InChI is InChI=1S/C26H24ClN5O4S/c1-11-15(27)7-6-14-21(11)30-25(36)26(14)20-19(16(31-26)8-9-18(29)33)22(34)32(23(20)35)24-13(10-28)12-4-2-3-5-17(12)37-24/h6-7,16,19-20,31H,2-5,8-9H2,1H3,(H2,29,33)(H,30,36)/t16?,19-,20+,26?/m1/s1. The molecule has 190 valence electrons. The molecule has 1 aliphatic carbocycles. The number of hydrogen-bond acceptors (Lipinski definition) is 7. The molecule has 4 heterocycles. The first-order valence-corrected chi connectivity index (χ1v) is 13.5. The number of nitrogens with two attached hydrogens (primary N) is 1. The number of hydrogen-bond donors (Lipinski definition) is 3. The Kier molecular flexibility index (Phi) is 5.46. The minimum Gasteiger partial charge on any atom is -0.370 e. The van der Waals surface area contributed by atoms with Gasteiger partial charge < -0.3 is 11.1 Å². The Labute approximate surface area is 221 Å². The van der Waals surface area contributed by atoms with E-state index in [4.69, 9.17) is 17.3 Å². The van der Waals surface area contributed by atoms with E-state index in [0.717, 1.165) is 41.0 Å². The van der Waals surface area contributed by atoms with Gasteiger partial charge in [0, 0.05) is 27.9 Å². The lowest BCUT2D eigenvalue weighted by Crippen LogP contribution is -2.53. The minimum absolute atomic E-state index is 0.0106. The molecule has 0 bridgehead atoms. The van der Waals surface area contributed by atoms with E-state index in [1.165, 1.54) is 11.3 Å². The Morgan fingerprint density at radius 2 is 2.03 bits per heavy atom. The Hall–Kier alpha value is -3.26. The van der Waals surface area contributed by atoms with E-state index in [1.807, 2.05) is 0 Å². The molecule has 2 aromatic rings. The molecule has 4 atom stereocenters. The third kappa shape index (κ3) is 3.17. The van der Waals surface area contributed by atoms with Crippen LogP contribution in [-0.2, 0) is 37.6 Å². The van der Waals surface area contributed by atoms with Crippen molar-refractivity contribution in [3.63, 3.8) is 0 Å². The number of halogens is 1. The van der Waals surface area contributed by atoms with E-state index >= 15 is 0 Å². The monoisotopic (exact) mass is 537 g/mol. The van der Waals surface area contributed by atoms with Crippen molar-refractivity contribution in [1.82, 2.24) is 5.32 Å². The van der Waals surface area contributed by atoms with Crippen LogP contribution >= 0.6 is 22.9 Å². The van der Waals surface area contributed by atoms with Gasteiger partial charge in [-0.3, -0.25) is 24.5 Å². The number of aryl methyl sites for hydroxylation is 1. The molecule has 1 aromatic carbocycles. The Bertz CT molecular complexity index is 1460. The summed E-state index contributed by atoms with van der Waals surface area (Å²) < 4.78 is 0. The highest BCUT2D eigenvalue weighted by Crippen LogP contribution is 2.56. The highest BCUT2D eigenvalue weighted by atomic mass is 35.5. The number of imide groups is 1. The summed E-state index contributed by atoms with van der Waals surface area (Å²) in [4.78, 5) is 55.7. The quantitative estimate of drug-likeness (QED) is 0.511. The zero-order valence-electron chi connectivity index (χ0n) is 20.0. The maximum atomic E-state index is 14.2. The molecule has 37 heavy (non-hydrogen) atoms. The van der Waals surface area contributed by atoms with Crippen LogP contribution in [0.15, 0.2) is 12.1 Å². The van der Waals surface area contributed by atoms with E-state index in [2.05, 4.69) is 16.7 Å². The normalized spacial score (nSPS) is 27.8. The van der Waals surface area contributed by atoms with Gasteiger partial charge in [-0.25, -0.2) is 4.90 Å². The maximum Gasteiger partial charge on any atom is 0.250 e. The Morgan fingerprint density at radius 3 is 2.76 bits per heavy atom. The predicted octanol–water partition coefficient (Wildman–Crippen LogP) is 2.65. The van der Waals surface area contributed by atoms with Crippen LogP contribution < -0.4 is 21.3 Å². The van der Waals surface area contributed by atoms with Crippen molar-refractivity contribution < 1.29 is 19.2 Å². The van der Waals surface area contributed by atoms with E-state index < -0.39 is 47.0 Å². The van der Waals surface area contributed by atoms with Crippen molar-refractivity contribution >= 4 is 57.3 Å². The van der Waals surface area contributed by atoms with Crippen molar-refractivity contribution in [2.45, 2.75) is 57.0 Å². The fraction of sp³-hybridized carbons (Fsp3) is 0.423. The molecule has 1 aromatic heterocycles. The summed E-state index contributed by atoms with van der Waals surface area (Å²) in [5.74, 6) is -3.91. The van der Waals surface area contributed by atoms with Gasteiger partial charge >= 0.3 is 0 Å². The number of rotatable bonds is 4. The number of carbonyl (C=O) groups excluding carboxylic acids is 4. The Balaban J connectivity index is 1.51. The first kappa shape index (κ1) is 24.1. The van der Waals surface area contributed by atoms with Crippen LogP contribution in [0.4, 0.5) is 10.7 Å². The Morgan fingerprint density at radius 1 is 1.27 bits per heavy atom. The van der Waals surface area contributed by atoms with Crippen LogP contribution in [0.5, 0.6) is 0 Å². The van der Waals surface area contributed by atoms with Crippen molar-refractivity contribution in [3.05, 3.63) is 44.3 Å². The first-order valence-electron chi connectivity index (χ1n) is 12.3. The summed E-state index contributed by atoms with van der Waals surface area (Å²) in [6, 6.07) is 4.96. The maximum absolute atomic E-state index is 14.2.